The van der Waals surface area contributed by atoms with Crippen LogP contribution in [0.5, 0.6) is 0 Å². The largest absolute Gasteiger partial charge is 1.00 e. The minimum atomic E-state index is -6.45. The third-order valence-corrected chi connectivity index (χ3v) is 3.51. The molecular weight excluding hydrogens is 409 g/mol. The van der Waals surface area contributed by atoms with Crippen LogP contribution in [0.1, 0.15) is 0 Å². The number of likely N-dealkylation sites (N-methyl/N-ethyl adjacent to an activating group) is 1. The fourth-order valence-electron chi connectivity index (χ4n) is 1.24. The summed E-state index contributed by atoms with van der Waals surface area (Å²) in [5.41, 5.74) is 0. The van der Waals surface area contributed by atoms with Crippen molar-refractivity contribution in [2.45, 2.75) is 30.3 Å². The summed E-state index contributed by atoms with van der Waals surface area (Å²) in [5, 5.41) is 9.16. The molecule has 16 heteroatoms. The van der Waals surface area contributed by atoms with E-state index in [1.807, 2.05) is 0 Å². The van der Waals surface area contributed by atoms with Crippen molar-refractivity contribution in [3.8, 4) is 0 Å². The molecule has 0 saturated heterocycles. The molecule has 1 atom stereocenters. The van der Waals surface area contributed by atoms with Crippen molar-refractivity contribution in [1.29, 1.82) is 0 Å². The number of halogens is 8. The quantitative estimate of drug-likeness (QED) is 0.249. The molecule has 0 radical (unpaired) electrons. The Bertz CT molecular complexity index is 520. The van der Waals surface area contributed by atoms with Crippen LogP contribution in [0.15, 0.2) is 0 Å². The Kier molecular flexibility index (Phi) is 10.4. The summed E-state index contributed by atoms with van der Waals surface area (Å²) in [6.07, 6.45) is -7.02. The van der Waals surface area contributed by atoms with E-state index in [9.17, 15) is 48.1 Å². The van der Waals surface area contributed by atoms with E-state index in [1.54, 1.807) is 0 Å². The van der Waals surface area contributed by atoms with Crippen LogP contribution in [0.3, 0.4) is 0 Å². The zero-order chi connectivity index (χ0) is 19.6. The van der Waals surface area contributed by atoms with Crippen LogP contribution >= 0.6 is 0 Å². The smallest absolute Gasteiger partial charge is 0.735 e. The number of nitrogens with zero attached hydrogens (tertiary/aromatic N) is 1. The van der Waals surface area contributed by atoms with Gasteiger partial charge in [0.2, 0.25) is 0 Å². The summed E-state index contributed by atoms with van der Waals surface area (Å²) < 4.78 is 136. The molecule has 25 heavy (non-hydrogen) atoms. The van der Waals surface area contributed by atoms with Gasteiger partial charge in [-0.15, -0.1) is 0 Å². The van der Waals surface area contributed by atoms with E-state index >= 15 is 0 Å². The van der Waals surface area contributed by atoms with E-state index in [1.165, 1.54) is 0 Å². The molecule has 146 valence electrons. The van der Waals surface area contributed by atoms with Crippen LogP contribution in [0.4, 0.5) is 35.1 Å². The number of aliphatic hydroxyl groups excluding tert-OH is 1. The number of hydrogen-bond donors (Lipinski definition) is 1. The minimum absolute atomic E-state index is 0. The maximum absolute atomic E-state index is 13.0. The molecule has 1 unspecified atom stereocenters. The maximum Gasteiger partial charge on any atom is 1.00 e. The van der Waals surface area contributed by atoms with Gasteiger partial charge in [0, 0.05) is 13.6 Å². The van der Waals surface area contributed by atoms with Gasteiger partial charge < -0.3 is 14.4 Å². The third-order valence-electron chi connectivity index (χ3n) is 2.60. The molecule has 0 bridgehead atoms. The first-order valence-corrected chi connectivity index (χ1v) is 7.18. The molecule has 0 aromatic rings. The van der Waals surface area contributed by atoms with Gasteiger partial charge in [-0.05, 0) is 0 Å². The minimum Gasteiger partial charge on any atom is -0.735 e. The van der Waals surface area contributed by atoms with Crippen molar-refractivity contribution in [3.63, 3.8) is 0 Å². The second kappa shape index (κ2) is 9.43. The van der Waals surface area contributed by atoms with Crippen LogP contribution in [-0.4, -0.2) is 79.5 Å². The summed E-state index contributed by atoms with van der Waals surface area (Å²) in [4.78, 5) is 0. The number of rotatable bonds is 10. The average Bonchev–Trinajstić information content (AvgIpc) is 2.36. The summed E-state index contributed by atoms with van der Waals surface area (Å²) >= 11 is 0. The predicted molar refractivity (Wildman–Crippen MR) is 60.0 cm³/mol. The summed E-state index contributed by atoms with van der Waals surface area (Å²) in [6.45, 7) is -4.69. The van der Waals surface area contributed by atoms with E-state index in [2.05, 4.69) is 4.74 Å². The van der Waals surface area contributed by atoms with Crippen LogP contribution in [-0.2, 0) is 15.0 Å². The Morgan fingerprint density at radius 1 is 1.16 bits per heavy atom. The van der Waals surface area contributed by atoms with E-state index < -0.39 is 60.4 Å². The standard InChI is InChI=1S/C9H13F8NO5S.Na/c1-18(24(20,21)22)2-5(19)3-23-4-7(12,13)9(16,17)8(14,15)6(10)11;/h5-6,19H,2-4H2,1H3,(H,20,21,22);/q;+1/p-1. The molecule has 0 fully saturated rings. The van der Waals surface area contributed by atoms with Gasteiger partial charge in [0.15, 0.2) is 10.3 Å². The number of ether oxygens (including phenoxy) is 1. The Hall–Kier alpha value is 0.230. The Morgan fingerprint density at radius 2 is 1.60 bits per heavy atom. The van der Waals surface area contributed by atoms with Crippen molar-refractivity contribution >= 4 is 10.3 Å². The fraction of sp³-hybridized carbons (Fsp3) is 1.00. The number of hydrogen-bond acceptors (Lipinski definition) is 5. The molecule has 1 N–H and O–H groups in total. The molecular formula is C9H12F8NNaO5S. The van der Waals surface area contributed by atoms with E-state index in [4.69, 9.17) is 5.11 Å². The third kappa shape index (κ3) is 7.04. The molecule has 0 spiro atoms. The summed E-state index contributed by atoms with van der Waals surface area (Å²) in [6, 6.07) is 0. The van der Waals surface area contributed by atoms with Crippen molar-refractivity contribution in [1.82, 2.24) is 4.31 Å². The van der Waals surface area contributed by atoms with Crippen LogP contribution in [0.2, 0.25) is 0 Å². The summed E-state index contributed by atoms with van der Waals surface area (Å²) in [5.74, 6) is -18.5. The molecule has 0 aliphatic heterocycles. The van der Waals surface area contributed by atoms with Crippen LogP contribution in [0.25, 0.3) is 0 Å². The second-order valence-corrected chi connectivity index (χ2v) is 6.09. The molecule has 0 rings (SSSR count). The van der Waals surface area contributed by atoms with Gasteiger partial charge in [0.25, 0.3) is 0 Å². The van der Waals surface area contributed by atoms with Crippen molar-refractivity contribution < 1.29 is 87.5 Å². The van der Waals surface area contributed by atoms with Crippen LogP contribution < -0.4 is 29.6 Å². The van der Waals surface area contributed by atoms with Gasteiger partial charge in [0.1, 0.15) is 6.61 Å². The molecule has 0 aliphatic rings. The molecule has 0 aromatic heterocycles. The number of aliphatic hydroxyl groups is 1. The van der Waals surface area contributed by atoms with Crippen LogP contribution in [0, 0.1) is 0 Å². The Labute approximate surface area is 159 Å². The van der Waals surface area contributed by atoms with Gasteiger partial charge in [-0.2, -0.15) is 26.3 Å². The second-order valence-electron chi connectivity index (χ2n) is 4.61. The first-order chi connectivity index (χ1) is 10.5. The van der Waals surface area contributed by atoms with Gasteiger partial charge >= 0.3 is 53.8 Å². The monoisotopic (exact) mass is 421 g/mol. The van der Waals surface area contributed by atoms with E-state index in [0.717, 1.165) is 0 Å². The van der Waals surface area contributed by atoms with Gasteiger partial charge in [0.05, 0.1) is 12.7 Å². The molecule has 0 saturated carbocycles. The first-order valence-electron chi connectivity index (χ1n) is 5.81. The van der Waals surface area contributed by atoms with Crippen molar-refractivity contribution in [2.24, 2.45) is 0 Å². The summed E-state index contributed by atoms with van der Waals surface area (Å²) in [7, 11) is -4.29. The SMILES string of the molecule is CN(CC(O)COCC(F)(F)C(F)(F)C(F)(F)C(F)F)S(=O)(=O)[O-].[Na+]. The molecule has 0 amide bonds. The van der Waals surface area contributed by atoms with E-state index in [-0.39, 0.29) is 33.9 Å². The average molecular weight is 421 g/mol. The molecule has 6 nitrogen and oxygen atoms in total. The van der Waals surface area contributed by atoms with Gasteiger partial charge in [-0.3, -0.25) is 0 Å². The zero-order valence-electron chi connectivity index (χ0n) is 12.7. The molecule has 0 aliphatic carbocycles. The topological polar surface area (TPSA) is 89.9 Å². The van der Waals surface area contributed by atoms with Gasteiger partial charge in [-0.1, -0.05) is 0 Å². The first kappa shape index (κ1) is 27.4. The fourth-order valence-corrected chi connectivity index (χ4v) is 1.59. The predicted octanol–water partition coefficient (Wildman–Crippen LogP) is -2.07. The molecule has 0 aromatic carbocycles. The molecule has 0 heterocycles. The zero-order valence-corrected chi connectivity index (χ0v) is 15.6. The van der Waals surface area contributed by atoms with Crippen molar-refractivity contribution in [3.05, 3.63) is 0 Å². The Morgan fingerprint density at radius 3 is 1.96 bits per heavy atom. The number of alkyl halides is 8. The normalized spacial score (nSPS) is 15.4. The van der Waals surface area contributed by atoms with Crippen molar-refractivity contribution in [2.75, 3.05) is 26.8 Å². The van der Waals surface area contributed by atoms with E-state index in [0.29, 0.717) is 7.05 Å². The Balaban J connectivity index is 0. The van der Waals surface area contributed by atoms with Gasteiger partial charge in [-0.25, -0.2) is 21.5 Å². The maximum atomic E-state index is 13.0.